The van der Waals surface area contributed by atoms with E-state index < -0.39 is 10.3 Å². The van der Waals surface area contributed by atoms with E-state index in [0.717, 1.165) is 25.7 Å². The van der Waals surface area contributed by atoms with Crippen LogP contribution in [-0.2, 0) is 9.53 Å². The highest BCUT2D eigenvalue weighted by atomic mass is 79.9. The summed E-state index contributed by atoms with van der Waals surface area (Å²) in [5.74, 6) is -0.230. The van der Waals surface area contributed by atoms with Gasteiger partial charge in [-0.25, -0.2) is 0 Å². The molecule has 0 fully saturated rings. The summed E-state index contributed by atoms with van der Waals surface area (Å²) < 4.78 is 4.50. The number of carbonyl (C=O) groups excluding carboxylic acids is 1. The quantitative estimate of drug-likeness (QED) is 0.195. The highest BCUT2D eigenvalue weighted by molar-refractivity contribution is 9.10. The molecule has 0 aromatic rings. The van der Waals surface area contributed by atoms with Crippen LogP contribution in [0.3, 0.4) is 0 Å². The molecule has 0 heterocycles. The SMILES string of the molecule is CC(C)(Br)C(=O)OCCCCCC[Si](Cl)(Cl)Cl. The van der Waals surface area contributed by atoms with Crippen LogP contribution in [-0.4, -0.2) is 22.9 Å². The number of halogens is 4. The average Bonchev–Trinajstić information content (AvgIpc) is 2.12. The van der Waals surface area contributed by atoms with Gasteiger partial charge in [0, 0.05) is 0 Å². The first-order chi connectivity index (χ1) is 7.63. The first kappa shape index (κ1) is 18.0. The van der Waals surface area contributed by atoms with Gasteiger partial charge in [0.2, 0.25) is 0 Å². The minimum atomic E-state index is -2.44. The molecule has 0 amide bonds. The number of unbranched alkanes of at least 4 members (excludes halogenated alkanes) is 3. The third-order valence-corrected chi connectivity index (χ3v) is 5.02. The molecule has 0 rings (SSSR count). The average molecular weight is 385 g/mol. The Morgan fingerprint density at radius 1 is 1.18 bits per heavy atom. The zero-order valence-electron chi connectivity index (χ0n) is 10.1. The zero-order valence-corrected chi connectivity index (χ0v) is 14.9. The highest BCUT2D eigenvalue weighted by Crippen LogP contribution is 2.27. The summed E-state index contributed by atoms with van der Waals surface area (Å²) in [5.41, 5.74) is 0. The number of carbonyl (C=O) groups is 1. The standard InChI is InChI=1S/C10H18BrCl3O2Si/c1-10(2,11)9(15)16-7-5-3-4-6-8-17(12,13)14/h3-8H2,1-2H3. The van der Waals surface area contributed by atoms with Gasteiger partial charge in [0.25, 0.3) is 0 Å². The molecule has 0 saturated heterocycles. The van der Waals surface area contributed by atoms with E-state index in [2.05, 4.69) is 15.9 Å². The summed E-state index contributed by atoms with van der Waals surface area (Å²) in [6.45, 7) is 3.99. The molecule has 0 bridgehead atoms. The van der Waals surface area contributed by atoms with E-state index >= 15 is 0 Å². The third-order valence-electron chi connectivity index (χ3n) is 2.07. The Bertz CT molecular complexity index is 239. The molecular formula is C10H18BrCl3O2Si. The Morgan fingerprint density at radius 3 is 2.18 bits per heavy atom. The molecule has 17 heavy (non-hydrogen) atoms. The van der Waals surface area contributed by atoms with Gasteiger partial charge in [-0.1, -0.05) is 35.2 Å². The number of esters is 1. The van der Waals surface area contributed by atoms with Crippen LogP contribution in [0, 0.1) is 0 Å². The van der Waals surface area contributed by atoms with Crippen molar-refractivity contribution in [3.05, 3.63) is 0 Å². The summed E-state index contributed by atoms with van der Waals surface area (Å²) in [7, 11) is 0. The summed E-state index contributed by atoms with van der Waals surface area (Å²) in [6, 6.07) is -1.74. The molecule has 0 aromatic carbocycles. The largest absolute Gasteiger partial charge is 0.465 e. The lowest BCUT2D eigenvalue weighted by Crippen LogP contribution is -2.26. The Balaban J connectivity index is 3.39. The molecule has 0 N–H and O–H groups in total. The van der Waals surface area contributed by atoms with Crippen molar-refractivity contribution in [1.29, 1.82) is 0 Å². The molecule has 0 atom stereocenters. The van der Waals surface area contributed by atoms with Crippen molar-refractivity contribution in [1.82, 2.24) is 0 Å². The molecule has 0 radical (unpaired) electrons. The topological polar surface area (TPSA) is 26.3 Å². The molecule has 0 spiro atoms. The molecule has 0 saturated carbocycles. The van der Waals surface area contributed by atoms with Crippen molar-refractivity contribution >= 4 is 61.1 Å². The maximum atomic E-state index is 11.4. The van der Waals surface area contributed by atoms with Gasteiger partial charge >= 0.3 is 12.0 Å². The molecule has 0 aliphatic heterocycles. The second-order valence-corrected chi connectivity index (χ2v) is 15.6. The lowest BCUT2D eigenvalue weighted by molar-refractivity contribution is -0.145. The maximum absolute atomic E-state index is 11.4. The smallest absolute Gasteiger partial charge is 0.341 e. The zero-order chi connectivity index (χ0) is 13.5. The Labute approximate surface area is 127 Å². The lowest BCUT2D eigenvalue weighted by Gasteiger charge is -2.14. The van der Waals surface area contributed by atoms with Gasteiger partial charge in [-0.15, -0.1) is 33.2 Å². The van der Waals surface area contributed by atoms with Gasteiger partial charge in [-0.05, 0) is 26.3 Å². The summed E-state index contributed by atoms with van der Waals surface area (Å²) in [6.07, 6.45) is 3.79. The van der Waals surface area contributed by atoms with Crippen LogP contribution in [0.1, 0.15) is 39.5 Å². The van der Waals surface area contributed by atoms with Crippen molar-refractivity contribution in [2.75, 3.05) is 6.61 Å². The fourth-order valence-corrected chi connectivity index (χ4v) is 3.09. The van der Waals surface area contributed by atoms with E-state index in [1.54, 1.807) is 13.8 Å². The molecule has 0 aromatic heterocycles. The second-order valence-electron chi connectivity index (χ2n) is 4.39. The predicted molar refractivity (Wildman–Crippen MR) is 80.6 cm³/mol. The van der Waals surface area contributed by atoms with Crippen molar-refractivity contribution < 1.29 is 9.53 Å². The molecule has 2 nitrogen and oxygen atoms in total. The Morgan fingerprint density at radius 2 is 1.71 bits per heavy atom. The molecule has 102 valence electrons. The number of hydrogen-bond donors (Lipinski definition) is 0. The van der Waals surface area contributed by atoms with E-state index in [1.165, 1.54) is 0 Å². The monoisotopic (exact) mass is 382 g/mol. The summed E-state index contributed by atoms with van der Waals surface area (Å²) in [4.78, 5) is 11.4. The van der Waals surface area contributed by atoms with Crippen LogP contribution in [0.15, 0.2) is 0 Å². The first-order valence-corrected chi connectivity index (χ1v) is 11.6. The van der Waals surface area contributed by atoms with Crippen LogP contribution in [0.4, 0.5) is 0 Å². The molecule has 0 aliphatic rings. The summed E-state index contributed by atoms with van der Waals surface area (Å²) >= 11 is 20.5. The number of alkyl halides is 1. The van der Waals surface area contributed by atoms with Crippen LogP contribution in [0.5, 0.6) is 0 Å². The number of ether oxygens (including phenoxy) is 1. The Hall–Kier alpha value is 1.04. The van der Waals surface area contributed by atoms with Gasteiger partial charge in [0.05, 0.1) is 6.61 Å². The highest BCUT2D eigenvalue weighted by Gasteiger charge is 2.25. The van der Waals surface area contributed by atoms with Crippen LogP contribution in [0.25, 0.3) is 0 Å². The van der Waals surface area contributed by atoms with Crippen molar-refractivity contribution in [2.45, 2.75) is 49.9 Å². The normalized spacial score (nSPS) is 12.6. The van der Waals surface area contributed by atoms with Crippen LogP contribution < -0.4 is 0 Å². The fraction of sp³-hybridized carbons (Fsp3) is 0.900. The maximum Gasteiger partial charge on any atom is 0.341 e. The molecule has 0 unspecified atom stereocenters. The van der Waals surface area contributed by atoms with Crippen molar-refractivity contribution in [2.24, 2.45) is 0 Å². The molecular weight excluding hydrogens is 366 g/mol. The minimum Gasteiger partial charge on any atom is -0.465 e. The van der Waals surface area contributed by atoms with E-state index in [4.69, 9.17) is 38.0 Å². The number of rotatable bonds is 8. The van der Waals surface area contributed by atoms with Crippen molar-refractivity contribution in [3.63, 3.8) is 0 Å². The Kier molecular flexibility index (Phi) is 8.76. The molecule has 7 heteroatoms. The van der Waals surface area contributed by atoms with E-state index in [1.807, 2.05) is 0 Å². The minimum absolute atomic E-state index is 0.230. The fourth-order valence-electron chi connectivity index (χ4n) is 1.12. The van der Waals surface area contributed by atoms with Gasteiger partial charge < -0.3 is 4.74 Å². The first-order valence-electron chi connectivity index (χ1n) is 5.56. The van der Waals surface area contributed by atoms with Crippen LogP contribution >= 0.6 is 49.2 Å². The third kappa shape index (κ3) is 11.8. The van der Waals surface area contributed by atoms with Gasteiger partial charge in [0.1, 0.15) is 4.32 Å². The van der Waals surface area contributed by atoms with E-state index in [0.29, 0.717) is 12.7 Å². The van der Waals surface area contributed by atoms with Gasteiger partial charge in [-0.3, -0.25) is 4.79 Å². The van der Waals surface area contributed by atoms with E-state index in [9.17, 15) is 4.79 Å². The van der Waals surface area contributed by atoms with Gasteiger partial charge in [0.15, 0.2) is 0 Å². The van der Waals surface area contributed by atoms with Gasteiger partial charge in [-0.2, -0.15) is 0 Å². The second kappa shape index (κ2) is 8.26. The molecule has 0 aliphatic carbocycles. The predicted octanol–water partition coefficient (Wildman–Crippen LogP) is 4.92. The summed E-state index contributed by atoms with van der Waals surface area (Å²) in [5, 5.41) is 0. The van der Waals surface area contributed by atoms with E-state index in [-0.39, 0.29) is 5.97 Å². The number of hydrogen-bond acceptors (Lipinski definition) is 2. The lowest BCUT2D eigenvalue weighted by atomic mass is 10.2. The van der Waals surface area contributed by atoms with Crippen LogP contribution in [0.2, 0.25) is 6.04 Å². The van der Waals surface area contributed by atoms with Crippen molar-refractivity contribution in [3.8, 4) is 0 Å².